The van der Waals surface area contributed by atoms with Gasteiger partial charge in [0.15, 0.2) is 0 Å². The molecule has 0 spiro atoms. The average molecular weight is 296 g/mol. The van der Waals surface area contributed by atoms with E-state index in [2.05, 4.69) is 67.8 Å². The fourth-order valence-corrected chi connectivity index (χ4v) is 5.62. The van der Waals surface area contributed by atoms with E-state index in [9.17, 15) is 0 Å². The van der Waals surface area contributed by atoms with E-state index in [-0.39, 0.29) is 0 Å². The van der Waals surface area contributed by atoms with Crippen LogP contribution in [0.25, 0.3) is 0 Å². The van der Waals surface area contributed by atoms with Crippen LogP contribution in [0.15, 0.2) is 18.2 Å². The number of rotatable bonds is 5. The van der Waals surface area contributed by atoms with Crippen LogP contribution < -0.4 is 5.32 Å². The Morgan fingerprint density at radius 2 is 2.00 bits per heavy atom. The molecule has 19 heavy (non-hydrogen) atoms. The molecule has 106 valence electrons. The highest BCUT2D eigenvalue weighted by atomic mass is 32.2. The van der Waals surface area contributed by atoms with Gasteiger partial charge in [-0.1, -0.05) is 25.1 Å². The third-order valence-electron chi connectivity index (χ3n) is 3.83. The molecule has 1 N–H and O–H groups in total. The van der Waals surface area contributed by atoms with Crippen LogP contribution in [0.1, 0.15) is 23.6 Å². The van der Waals surface area contributed by atoms with E-state index in [4.69, 9.17) is 0 Å². The fraction of sp³-hybridized carbons (Fsp3) is 0.625. The lowest BCUT2D eigenvalue weighted by atomic mass is 9.95. The molecule has 1 aromatic carbocycles. The Labute approximate surface area is 126 Å². The van der Waals surface area contributed by atoms with E-state index >= 15 is 0 Å². The predicted octanol–water partition coefficient (Wildman–Crippen LogP) is 3.67. The molecule has 1 aliphatic rings. The second-order valence-corrected chi connectivity index (χ2v) is 7.72. The maximum atomic E-state index is 3.72. The average Bonchev–Trinajstić information content (AvgIpc) is 2.43. The fourth-order valence-electron chi connectivity index (χ4n) is 2.73. The number of hydrogen-bond acceptors (Lipinski definition) is 3. The van der Waals surface area contributed by atoms with Crippen LogP contribution in [0.5, 0.6) is 0 Å². The summed E-state index contributed by atoms with van der Waals surface area (Å²) in [5, 5.41) is 4.48. The molecule has 2 atom stereocenters. The van der Waals surface area contributed by atoms with Gasteiger partial charge in [-0.15, -0.1) is 0 Å². The first-order valence-corrected chi connectivity index (χ1v) is 9.40. The molecule has 1 heterocycles. The summed E-state index contributed by atoms with van der Waals surface area (Å²) in [6, 6.07) is 7.27. The van der Waals surface area contributed by atoms with Gasteiger partial charge in [0.05, 0.1) is 0 Å². The molecule has 1 fully saturated rings. The van der Waals surface area contributed by atoms with Gasteiger partial charge in [-0.2, -0.15) is 23.5 Å². The van der Waals surface area contributed by atoms with E-state index < -0.39 is 0 Å². The van der Waals surface area contributed by atoms with Crippen LogP contribution in [-0.4, -0.2) is 35.1 Å². The Bertz CT molecular complexity index is 379. The first kappa shape index (κ1) is 15.3. The Morgan fingerprint density at radius 1 is 1.26 bits per heavy atom. The monoisotopic (exact) mass is 295 g/mol. The first-order valence-electron chi connectivity index (χ1n) is 7.20. The zero-order chi connectivity index (χ0) is 13.7. The second kappa shape index (κ2) is 7.61. The van der Waals surface area contributed by atoms with Gasteiger partial charge >= 0.3 is 0 Å². The summed E-state index contributed by atoms with van der Waals surface area (Å²) in [5.41, 5.74) is 4.43. The molecule has 0 aliphatic carbocycles. The van der Waals surface area contributed by atoms with Crippen LogP contribution in [0.3, 0.4) is 0 Å². The third kappa shape index (κ3) is 4.17. The molecule has 2 unspecified atom stereocenters. The number of hydrogen-bond donors (Lipinski definition) is 1. The van der Waals surface area contributed by atoms with Crippen molar-refractivity contribution in [1.29, 1.82) is 0 Å². The topological polar surface area (TPSA) is 12.0 Å². The SMILES string of the molecule is CCNC(Cc1c(C)cccc1C)C1CSCCS1. The highest BCUT2D eigenvalue weighted by Gasteiger charge is 2.24. The number of likely N-dealkylation sites (N-methyl/N-ethyl adjacent to an activating group) is 1. The van der Waals surface area contributed by atoms with Crippen molar-refractivity contribution in [1.82, 2.24) is 5.32 Å². The van der Waals surface area contributed by atoms with Crippen LogP contribution in [0.4, 0.5) is 0 Å². The lowest BCUT2D eigenvalue weighted by molar-refractivity contribution is 0.520. The zero-order valence-corrected chi connectivity index (χ0v) is 13.9. The maximum Gasteiger partial charge on any atom is 0.0295 e. The molecule has 0 radical (unpaired) electrons. The number of benzene rings is 1. The largest absolute Gasteiger partial charge is 0.313 e. The number of thioether (sulfide) groups is 2. The number of nitrogens with one attached hydrogen (secondary N) is 1. The lowest BCUT2D eigenvalue weighted by Gasteiger charge is -2.31. The van der Waals surface area contributed by atoms with Gasteiger partial charge in [-0.3, -0.25) is 0 Å². The summed E-state index contributed by atoms with van der Waals surface area (Å²) in [4.78, 5) is 0. The molecule has 0 saturated carbocycles. The third-order valence-corrected chi connectivity index (χ3v) is 6.75. The predicted molar refractivity (Wildman–Crippen MR) is 90.7 cm³/mol. The molecule has 0 amide bonds. The van der Waals surface area contributed by atoms with Crippen LogP contribution in [0.2, 0.25) is 0 Å². The van der Waals surface area contributed by atoms with Gasteiger partial charge in [0.25, 0.3) is 0 Å². The van der Waals surface area contributed by atoms with E-state index in [1.54, 1.807) is 5.56 Å². The molecule has 0 bridgehead atoms. The van der Waals surface area contributed by atoms with Crippen molar-refractivity contribution in [3.63, 3.8) is 0 Å². The van der Waals surface area contributed by atoms with Gasteiger partial charge < -0.3 is 5.32 Å². The highest BCUT2D eigenvalue weighted by Crippen LogP contribution is 2.29. The van der Waals surface area contributed by atoms with Crippen molar-refractivity contribution in [2.24, 2.45) is 0 Å². The second-order valence-electron chi connectivity index (χ2n) is 5.22. The first-order chi connectivity index (χ1) is 9.22. The van der Waals surface area contributed by atoms with Gasteiger partial charge in [0.2, 0.25) is 0 Å². The Kier molecular flexibility index (Phi) is 6.11. The minimum atomic E-state index is 0.614. The van der Waals surface area contributed by atoms with Crippen molar-refractivity contribution >= 4 is 23.5 Å². The van der Waals surface area contributed by atoms with E-state index in [0.29, 0.717) is 6.04 Å². The van der Waals surface area contributed by atoms with Crippen molar-refractivity contribution < 1.29 is 0 Å². The zero-order valence-electron chi connectivity index (χ0n) is 12.2. The lowest BCUT2D eigenvalue weighted by Crippen LogP contribution is -2.42. The highest BCUT2D eigenvalue weighted by molar-refractivity contribution is 8.06. The molecular formula is C16H25NS2. The maximum absolute atomic E-state index is 3.72. The Morgan fingerprint density at radius 3 is 2.58 bits per heavy atom. The molecule has 3 heteroatoms. The standard InChI is InChI=1S/C16H25NS2/c1-4-17-15(16-11-18-8-9-19-16)10-14-12(2)6-5-7-13(14)3/h5-7,15-17H,4,8-11H2,1-3H3. The van der Waals surface area contributed by atoms with Crippen LogP contribution in [0, 0.1) is 13.8 Å². The normalized spacial score (nSPS) is 21.3. The van der Waals surface area contributed by atoms with Crippen molar-refractivity contribution in [3.8, 4) is 0 Å². The van der Waals surface area contributed by atoms with E-state index in [1.165, 1.54) is 34.8 Å². The van der Waals surface area contributed by atoms with Gasteiger partial charge in [0.1, 0.15) is 0 Å². The molecule has 2 rings (SSSR count). The van der Waals surface area contributed by atoms with Crippen molar-refractivity contribution in [3.05, 3.63) is 34.9 Å². The molecule has 1 aromatic rings. The molecule has 0 aromatic heterocycles. The number of aryl methyl sites for hydroxylation is 2. The Balaban J connectivity index is 2.11. The smallest absolute Gasteiger partial charge is 0.0295 e. The molecule has 1 aliphatic heterocycles. The molecular weight excluding hydrogens is 270 g/mol. The van der Waals surface area contributed by atoms with Crippen molar-refractivity contribution in [2.45, 2.75) is 38.5 Å². The van der Waals surface area contributed by atoms with Gasteiger partial charge in [-0.25, -0.2) is 0 Å². The van der Waals surface area contributed by atoms with Gasteiger partial charge in [-0.05, 0) is 43.5 Å². The molecule has 1 nitrogen and oxygen atoms in total. The summed E-state index contributed by atoms with van der Waals surface area (Å²) in [6.45, 7) is 7.78. The summed E-state index contributed by atoms with van der Waals surface area (Å²) in [7, 11) is 0. The van der Waals surface area contributed by atoms with E-state index in [1.807, 2.05) is 0 Å². The van der Waals surface area contributed by atoms with Gasteiger partial charge in [0, 0.05) is 28.6 Å². The van der Waals surface area contributed by atoms with Crippen molar-refractivity contribution in [2.75, 3.05) is 23.8 Å². The quantitative estimate of drug-likeness (QED) is 0.890. The summed E-state index contributed by atoms with van der Waals surface area (Å²) in [5.74, 6) is 3.93. The summed E-state index contributed by atoms with van der Waals surface area (Å²) in [6.07, 6.45) is 1.17. The summed E-state index contributed by atoms with van der Waals surface area (Å²) >= 11 is 4.27. The van der Waals surface area contributed by atoms with Crippen LogP contribution in [-0.2, 0) is 6.42 Å². The Hall–Kier alpha value is -0.120. The van der Waals surface area contributed by atoms with E-state index in [0.717, 1.165) is 11.8 Å². The minimum Gasteiger partial charge on any atom is -0.313 e. The summed E-state index contributed by atoms with van der Waals surface area (Å²) < 4.78 is 0. The minimum absolute atomic E-state index is 0.614. The van der Waals surface area contributed by atoms with Crippen LogP contribution >= 0.6 is 23.5 Å². The molecule has 1 saturated heterocycles.